The molecule has 0 saturated carbocycles. The van der Waals surface area contributed by atoms with Crippen LogP contribution in [0.4, 0.5) is 10.1 Å². The third kappa shape index (κ3) is 4.34. The molecule has 0 aliphatic rings. The average Bonchev–Trinajstić information content (AvgIpc) is 2.53. The molecule has 2 unspecified atom stereocenters. The molecule has 2 aromatic carbocycles. The number of halogens is 1. The summed E-state index contributed by atoms with van der Waals surface area (Å²) in [7, 11) is 0. The van der Waals surface area contributed by atoms with Crippen LogP contribution in [0.2, 0.25) is 0 Å². The number of nitrogens with zero attached hydrogens (tertiary/aromatic N) is 1. The number of nitrogens with one attached hydrogen (secondary N) is 1. The molecule has 0 radical (unpaired) electrons. The van der Waals surface area contributed by atoms with Gasteiger partial charge in [-0.3, -0.25) is 10.1 Å². The molecule has 0 heterocycles. The molecular formula is C17H19FN2O3. The molecule has 0 aliphatic heterocycles. The lowest BCUT2D eigenvalue weighted by atomic mass is 10.0. The highest BCUT2D eigenvalue weighted by Crippen LogP contribution is 2.20. The summed E-state index contributed by atoms with van der Waals surface area (Å²) in [4.78, 5) is 10.5. The second-order valence-corrected chi connectivity index (χ2v) is 5.54. The molecule has 5 nitrogen and oxygen atoms in total. The van der Waals surface area contributed by atoms with Crippen molar-refractivity contribution in [3.8, 4) is 0 Å². The Kier molecular flexibility index (Phi) is 5.41. The molecule has 6 heteroatoms. The molecule has 2 N–H and O–H groups in total. The van der Waals surface area contributed by atoms with Crippen LogP contribution >= 0.6 is 0 Å². The Morgan fingerprint density at radius 1 is 1.26 bits per heavy atom. The summed E-state index contributed by atoms with van der Waals surface area (Å²) in [6.07, 6.45) is -0.795. The topological polar surface area (TPSA) is 75.4 Å². The number of aryl methyl sites for hydroxylation is 1. The predicted molar refractivity (Wildman–Crippen MR) is 85.5 cm³/mol. The summed E-state index contributed by atoms with van der Waals surface area (Å²) in [5.41, 5.74) is 2.07. The standard InChI is InChI=1S/C17H19FN2O3/c1-11-3-4-13(9-16(11)20(22)23)10-19-12(2)17(21)14-5-7-15(18)8-6-14/h3-9,12,17,19,21H,10H2,1-2H3. The van der Waals surface area contributed by atoms with Crippen LogP contribution < -0.4 is 5.32 Å². The molecular weight excluding hydrogens is 299 g/mol. The van der Waals surface area contributed by atoms with Crippen LogP contribution in [0.1, 0.15) is 29.7 Å². The highest BCUT2D eigenvalue weighted by molar-refractivity contribution is 5.42. The molecule has 2 aromatic rings. The molecule has 2 atom stereocenters. The van der Waals surface area contributed by atoms with E-state index in [-0.39, 0.29) is 17.5 Å². The van der Waals surface area contributed by atoms with Crippen molar-refractivity contribution in [2.45, 2.75) is 32.5 Å². The molecule has 23 heavy (non-hydrogen) atoms. The van der Waals surface area contributed by atoms with E-state index in [0.29, 0.717) is 17.7 Å². The minimum absolute atomic E-state index is 0.0797. The van der Waals surface area contributed by atoms with E-state index in [0.717, 1.165) is 5.56 Å². The van der Waals surface area contributed by atoms with E-state index in [1.165, 1.54) is 30.3 Å². The largest absolute Gasteiger partial charge is 0.387 e. The first-order valence-corrected chi connectivity index (χ1v) is 7.29. The smallest absolute Gasteiger partial charge is 0.272 e. The van der Waals surface area contributed by atoms with Gasteiger partial charge in [-0.05, 0) is 37.1 Å². The lowest BCUT2D eigenvalue weighted by molar-refractivity contribution is -0.385. The van der Waals surface area contributed by atoms with Crippen LogP contribution in [0.25, 0.3) is 0 Å². The van der Waals surface area contributed by atoms with Crippen molar-refractivity contribution in [2.75, 3.05) is 0 Å². The summed E-state index contributed by atoms with van der Waals surface area (Å²) >= 11 is 0. The second-order valence-electron chi connectivity index (χ2n) is 5.54. The van der Waals surface area contributed by atoms with E-state index < -0.39 is 11.0 Å². The molecule has 0 spiro atoms. The van der Waals surface area contributed by atoms with E-state index in [9.17, 15) is 19.6 Å². The molecule has 0 bridgehead atoms. The molecule has 0 aliphatic carbocycles. The molecule has 122 valence electrons. The summed E-state index contributed by atoms with van der Waals surface area (Å²) < 4.78 is 12.9. The van der Waals surface area contributed by atoms with E-state index in [1.807, 2.05) is 6.07 Å². The van der Waals surface area contributed by atoms with E-state index in [1.54, 1.807) is 19.9 Å². The number of aliphatic hydroxyl groups excluding tert-OH is 1. The SMILES string of the molecule is Cc1ccc(CNC(C)C(O)c2ccc(F)cc2)cc1[N+](=O)[O-]. The predicted octanol–water partition coefficient (Wildman–Crippen LogP) is 3.25. The van der Waals surface area contributed by atoms with E-state index in [2.05, 4.69) is 5.32 Å². The summed E-state index contributed by atoms with van der Waals surface area (Å²) in [6.45, 7) is 3.88. The van der Waals surface area contributed by atoms with Crippen LogP contribution in [0.3, 0.4) is 0 Å². The molecule has 0 saturated heterocycles. The zero-order valence-corrected chi connectivity index (χ0v) is 13.0. The number of rotatable bonds is 6. The number of aliphatic hydroxyl groups is 1. The van der Waals surface area contributed by atoms with Crippen molar-refractivity contribution < 1.29 is 14.4 Å². The Morgan fingerprint density at radius 2 is 1.91 bits per heavy atom. The molecule has 0 fully saturated rings. The lowest BCUT2D eigenvalue weighted by Crippen LogP contribution is -2.31. The van der Waals surface area contributed by atoms with Crippen LogP contribution in [-0.2, 0) is 6.54 Å². The Labute approximate surface area is 133 Å². The number of hydrogen-bond donors (Lipinski definition) is 2. The summed E-state index contributed by atoms with van der Waals surface area (Å²) in [5, 5.41) is 24.3. The monoisotopic (exact) mass is 318 g/mol. The van der Waals surface area contributed by atoms with Crippen molar-refractivity contribution in [2.24, 2.45) is 0 Å². The van der Waals surface area contributed by atoms with Gasteiger partial charge in [0, 0.05) is 24.2 Å². The Balaban J connectivity index is 2.01. The van der Waals surface area contributed by atoms with Gasteiger partial charge >= 0.3 is 0 Å². The highest BCUT2D eigenvalue weighted by Gasteiger charge is 2.17. The van der Waals surface area contributed by atoms with Crippen LogP contribution in [0.5, 0.6) is 0 Å². The van der Waals surface area contributed by atoms with Crippen molar-refractivity contribution in [1.29, 1.82) is 0 Å². The Bertz CT molecular complexity index is 689. The van der Waals surface area contributed by atoms with Crippen molar-refractivity contribution in [1.82, 2.24) is 5.32 Å². The first kappa shape index (κ1) is 17.1. The van der Waals surface area contributed by atoms with Gasteiger partial charge in [-0.2, -0.15) is 0 Å². The molecule has 2 rings (SSSR count). The third-order valence-electron chi connectivity index (χ3n) is 3.78. The third-order valence-corrected chi connectivity index (χ3v) is 3.78. The minimum atomic E-state index is -0.795. The van der Waals surface area contributed by atoms with Gasteiger partial charge in [-0.1, -0.05) is 24.3 Å². The highest BCUT2D eigenvalue weighted by atomic mass is 19.1. The van der Waals surface area contributed by atoms with Crippen LogP contribution in [0.15, 0.2) is 42.5 Å². The van der Waals surface area contributed by atoms with Gasteiger partial charge in [0.05, 0.1) is 11.0 Å². The number of hydrogen-bond acceptors (Lipinski definition) is 4. The maximum atomic E-state index is 12.9. The molecule has 0 amide bonds. The van der Waals surface area contributed by atoms with Gasteiger partial charge in [0.25, 0.3) is 5.69 Å². The van der Waals surface area contributed by atoms with Crippen molar-refractivity contribution in [3.05, 3.63) is 75.1 Å². The average molecular weight is 318 g/mol. The van der Waals surface area contributed by atoms with E-state index >= 15 is 0 Å². The Morgan fingerprint density at radius 3 is 2.52 bits per heavy atom. The van der Waals surface area contributed by atoms with Gasteiger partial charge in [-0.15, -0.1) is 0 Å². The minimum Gasteiger partial charge on any atom is -0.387 e. The fraction of sp³-hybridized carbons (Fsp3) is 0.294. The number of nitro benzene ring substituents is 1. The number of nitro groups is 1. The quantitative estimate of drug-likeness (QED) is 0.633. The van der Waals surface area contributed by atoms with Crippen molar-refractivity contribution >= 4 is 5.69 Å². The number of benzene rings is 2. The zero-order valence-electron chi connectivity index (χ0n) is 13.0. The Hall–Kier alpha value is -2.31. The van der Waals surface area contributed by atoms with Gasteiger partial charge in [0.15, 0.2) is 0 Å². The summed E-state index contributed by atoms with van der Waals surface area (Å²) in [5.74, 6) is -0.353. The van der Waals surface area contributed by atoms with Crippen molar-refractivity contribution in [3.63, 3.8) is 0 Å². The first-order chi connectivity index (χ1) is 10.9. The van der Waals surface area contributed by atoms with Gasteiger partial charge in [-0.25, -0.2) is 4.39 Å². The van der Waals surface area contributed by atoms with Gasteiger partial charge < -0.3 is 10.4 Å². The van der Waals surface area contributed by atoms with Crippen LogP contribution in [-0.4, -0.2) is 16.1 Å². The second kappa shape index (κ2) is 7.30. The first-order valence-electron chi connectivity index (χ1n) is 7.29. The fourth-order valence-electron chi connectivity index (χ4n) is 2.30. The zero-order chi connectivity index (χ0) is 17.0. The maximum absolute atomic E-state index is 12.9. The maximum Gasteiger partial charge on any atom is 0.272 e. The lowest BCUT2D eigenvalue weighted by Gasteiger charge is -2.20. The molecule has 0 aromatic heterocycles. The summed E-state index contributed by atoms with van der Waals surface area (Å²) in [6, 6.07) is 10.4. The van der Waals surface area contributed by atoms with Gasteiger partial charge in [0.2, 0.25) is 0 Å². The fourth-order valence-corrected chi connectivity index (χ4v) is 2.30. The van der Waals surface area contributed by atoms with Crippen LogP contribution in [0, 0.1) is 22.9 Å². The van der Waals surface area contributed by atoms with Gasteiger partial charge in [0.1, 0.15) is 5.82 Å². The van der Waals surface area contributed by atoms with E-state index in [4.69, 9.17) is 0 Å². The normalized spacial score (nSPS) is 13.6.